The molecule has 0 radical (unpaired) electrons. The molecule has 5 nitrogen and oxygen atoms in total. The van der Waals surface area contributed by atoms with Crippen LogP contribution < -0.4 is 4.74 Å². The van der Waals surface area contributed by atoms with E-state index >= 15 is 0 Å². The Bertz CT molecular complexity index is 771. The van der Waals surface area contributed by atoms with Crippen molar-refractivity contribution in [1.29, 1.82) is 0 Å². The number of ketones is 1. The summed E-state index contributed by atoms with van der Waals surface area (Å²) in [6, 6.07) is 11.0. The number of allylic oxidation sites excluding steroid dienone is 2. The van der Waals surface area contributed by atoms with Gasteiger partial charge >= 0.3 is 5.97 Å². The molecule has 1 aromatic carbocycles. The van der Waals surface area contributed by atoms with E-state index in [0.29, 0.717) is 12.2 Å². The van der Waals surface area contributed by atoms with Gasteiger partial charge in [-0.2, -0.15) is 0 Å². The van der Waals surface area contributed by atoms with E-state index in [2.05, 4.69) is 0 Å². The molecule has 3 rings (SSSR count). The van der Waals surface area contributed by atoms with Crippen molar-refractivity contribution < 1.29 is 23.5 Å². The molecule has 25 heavy (non-hydrogen) atoms. The Balaban J connectivity index is 1.98. The van der Waals surface area contributed by atoms with Crippen LogP contribution >= 0.6 is 0 Å². The molecular formula is C20H20O5. The second-order valence-electron chi connectivity index (χ2n) is 5.86. The lowest BCUT2D eigenvalue weighted by Gasteiger charge is -2.28. The Hall–Kier alpha value is -2.82. The van der Waals surface area contributed by atoms with Crippen LogP contribution in [0, 0.1) is 5.92 Å². The maximum absolute atomic E-state index is 12.7. The standard InChI is InChI=1S/C20H20O5/c1-3-24-20(22)19-16(13-6-8-15(23-2)9-7-13)11-14(12-17(19)21)18-5-4-10-25-18/h4-10,12,16,19H,3,11H2,1-2H3. The summed E-state index contributed by atoms with van der Waals surface area (Å²) < 4.78 is 15.8. The lowest BCUT2D eigenvalue weighted by Crippen LogP contribution is -2.33. The summed E-state index contributed by atoms with van der Waals surface area (Å²) in [6.07, 6.45) is 3.59. The van der Waals surface area contributed by atoms with Gasteiger partial charge < -0.3 is 13.9 Å². The number of hydrogen-bond donors (Lipinski definition) is 0. The largest absolute Gasteiger partial charge is 0.497 e. The van der Waals surface area contributed by atoms with Crippen LogP contribution in [0.25, 0.3) is 5.57 Å². The molecule has 2 atom stereocenters. The van der Waals surface area contributed by atoms with Gasteiger partial charge in [-0.25, -0.2) is 0 Å². The van der Waals surface area contributed by atoms with Crippen LogP contribution in [0.4, 0.5) is 0 Å². The monoisotopic (exact) mass is 340 g/mol. The van der Waals surface area contributed by atoms with Gasteiger partial charge in [0.2, 0.25) is 0 Å². The molecule has 0 saturated carbocycles. The minimum Gasteiger partial charge on any atom is -0.497 e. The molecule has 0 N–H and O–H groups in total. The number of carbonyl (C=O) groups is 2. The molecule has 130 valence electrons. The summed E-state index contributed by atoms with van der Waals surface area (Å²) in [5, 5.41) is 0. The molecule has 0 amide bonds. The van der Waals surface area contributed by atoms with Gasteiger partial charge in [-0.3, -0.25) is 9.59 Å². The normalized spacial score (nSPS) is 20.1. The van der Waals surface area contributed by atoms with Crippen molar-refractivity contribution >= 4 is 17.3 Å². The highest BCUT2D eigenvalue weighted by Crippen LogP contribution is 2.40. The van der Waals surface area contributed by atoms with Gasteiger partial charge in [-0.05, 0) is 54.8 Å². The van der Waals surface area contributed by atoms with Crippen LogP contribution in [0.2, 0.25) is 0 Å². The zero-order valence-corrected chi connectivity index (χ0v) is 14.2. The first-order valence-electron chi connectivity index (χ1n) is 8.23. The van der Waals surface area contributed by atoms with Gasteiger partial charge in [0.05, 0.1) is 20.0 Å². The molecule has 1 heterocycles. The first-order chi connectivity index (χ1) is 12.1. The van der Waals surface area contributed by atoms with Crippen LogP contribution in [-0.4, -0.2) is 25.5 Å². The van der Waals surface area contributed by atoms with Gasteiger partial charge in [-0.15, -0.1) is 0 Å². The summed E-state index contributed by atoms with van der Waals surface area (Å²) >= 11 is 0. The highest BCUT2D eigenvalue weighted by molar-refractivity contribution is 6.10. The van der Waals surface area contributed by atoms with Gasteiger partial charge in [0.1, 0.15) is 17.4 Å². The van der Waals surface area contributed by atoms with E-state index in [1.807, 2.05) is 30.3 Å². The van der Waals surface area contributed by atoms with Gasteiger partial charge in [-0.1, -0.05) is 12.1 Å². The van der Waals surface area contributed by atoms with E-state index in [1.165, 1.54) is 6.08 Å². The maximum Gasteiger partial charge on any atom is 0.317 e. The lowest BCUT2D eigenvalue weighted by molar-refractivity contribution is -0.151. The fourth-order valence-electron chi connectivity index (χ4n) is 3.18. The predicted molar refractivity (Wildman–Crippen MR) is 92.2 cm³/mol. The smallest absolute Gasteiger partial charge is 0.317 e. The summed E-state index contributed by atoms with van der Waals surface area (Å²) in [6.45, 7) is 1.98. The number of benzene rings is 1. The van der Waals surface area contributed by atoms with E-state index in [1.54, 1.807) is 26.4 Å². The molecule has 1 aliphatic rings. The molecule has 1 aliphatic carbocycles. The van der Waals surface area contributed by atoms with Crippen molar-refractivity contribution in [1.82, 2.24) is 0 Å². The Morgan fingerprint density at radius 2 is 2.00 bits per heavy atom. The van der Waals surface area contributed by atoms with Crippen molar-refractivity contribution in [3.05, 3.63) is 60.1 Å². The number of furan rings is 1. The van der Waals surface area contributed by atoms with Crippen LogP contribution in [0.5, 0.6) is 5.75 Å². The summed E-state index contributed by atoms with van der Waals surface area (Å²) in [7, 11) is 1.60. The topological polar surface area (TPSA) is 65.7 Å². The van der Waals surface area contributed by atoms with Crippen molar-refractivity contribution in [3.63, 3.8) is 0 Å². The van der Waals surface area contributed by atoms with Gasteiger partial charge in [0.15, 0.2) is 5.78 Å². The minimum absolute atomic E-state index is 0.243. The third-order valence-corrected chi connectivity index (χ3v) is 4.39. The van der Waals surface area contributed by atoms with E-state index < -0.39 is 11.9 Å². The van der Waals surface area contributed by atoms with Crippen molar-refractivity contribution in [2.45, 2.75) is 19.3 Å². The van der Waals surface area contributed by atoms with Crippen molar-refractivity contribution in [2.24, 2.45) is 5.92 Å². The number of ether oxygens (including phenoxy) is 2. The second-order valence-corrected chi connectivity index (χ2v) is 5.86. The van der Waals surface area contributed by atoms with E-state index in [-0.39, 0.29) is 18.3 Å². The van der Waals surface area contributed by atoms with Crippen molar-refractivity contribution in [3.8, 4) is 5.75 Å². The molecule has 2 unspecified atom stereocenters. The zero-order valence-electron chi connectivity index (χ0n) is 14.2. The third kappa shape index (κ3) is 3.50. The molecule has 1 aromatic heterocycles. The van der Waals surface area contributed by atoms with E-state index in [4.69, 9.17) is 13.9 Å². The fourth-order valence-corrected chi connectivity index (χ4v) is 3.18. The Labute approximate surface area is 146 Å². The van der Waals surface area contributed by atoms with Gasteiger partial charge in [0.25, 0.3) is 0 Å². The Morgan fingerprint density at radius 1 is 1.24 bits per heavy atom. The Kier molecular flexibility index (Phi) is 5.03. The zero-order chi connectivity index (χ0) is 17.8. The molecule has 0 spiro atoms. The highest BCUT2D eigenvalue weighted by atomic mass is 16.5. The summed E-state index contributed by atoms with van der Waals surface area (Å²) in [5.41, 5.74) is 1.68. The average molecular weight is 340 g/mol. The van der Waals surface area contributed by atoms with Crippen LogP contribution in [0.1, 0.15) is 30.6 Å². The van der Waals surface area contributed by atoms with Crippen LogP contribution in [-0.2, 0) is 14.3 Å². The average Bonchev–Trinajstić information content (AvgIpc) is 3.16. The molecule has 2 aromatic rings. The highest BCUT2D eigenvalue weighted by Gasteiger charge is 2.40. The first-order valence-corrected chi connectivity index (χ1v) is 8.23. The molecular weight excluding hydrogens is 320 g/mol. The number of methoxy groups -OCH3 is 1. The minimum atomic E-state index is -0.841. The number of hydrogen-bond acceptors (Lipinski definition) is 5. The van der Waals surface area contributed by atoms with E-state index in [9.17, 15) is 9.59 Å². The predicted octanol–water partition coefficient (Wildman–Crippen LogP) is 3.61. The lowest BCUT2D eigenvalue weighted by atomic mass is 9.74. The number of esters is 1. The molecule has 5 heteroatoms. The summed E-state index contributed by atoms with van der Waals surface area (Å²) in [4.78, 5) is 25.1. The first kappa shape index (κ1) is 17.0. The summed E-state index contributed by atoms with van der Waals surface area (Å²) in [5.74, 6) is -0.510. The number of rotatable bonds is 5. The molecule has 0 fully saturated rings. The quantitative estimate of drug-likeness (QED) is 0.614. The number of carbonyl (C=O) groups excluding carboxylic acids is 2. The molecule has 0 saturated heterocycles. The van der Waals surface area contributed by atoms with Gasteiger partial charge in [0, 0.05) is 5.92 Å². The third-order valence-electron chi connectivity index (χ3n) is 4.39. The Morgan fingerprint density at radius 3 is 2.60 bits per heavy atom. The van der Waals surface area contributed by atoms with E-state index in [0.717, 1.165) is 16.9 Å². The van der Waals surface area contributed by atoms with Crippen LogP contribution in [0.15, 0.2) is 53.2 Å². The molecule has 0 bridgehead atoms. The fraction of sp³-hybridized carbons (Fsp3) is 0.300. The van der Waals surface area contributed by atoms with Crippen LogP contribution in [0.3, 0.4) is 0 Å². The molecule has 0 aliphatic heterocycles. The SMILES string of the molecule is CCOC(=O)C1C(=O)C=C(c2ccco2)CC1c1ccc(OC)cc1. The maximum atomic E-state index is 12.7. The van der Waals surface area contributed by atoms with Crippen molar-refractivity contribution in [2.75, 3.05) is 13.7 Å². The second kappa shape index (κ2) is 7.38.